The highest BCUT2D eigenvalue weighted by Crippen LogP contribution is 2.32. The summed E-state index contributed by atoms with van der Waals surface area (Å²) in [5.41, 5.74) is 9.09. The molecule has 0 amide bonds. The first kappa shape index (κ1) is 12.8. The fourth-order valence-electron chi connectivity index (χ4n) is 1.67. The predicted molar refractivity (Wildman–Crippen MR) is 62.9 cm³/mol. The molecule has 1 aromatic rings. The molecule has 0 saturated carbocycles. The number of nitrogens with zero attached hydrogens (tertiary/aromatic N) is 4. The molecular weight excluding hydrogens is 259 g/mol. The van der Waals surface area contributed by atoms with E-state index in [-0.39, 0.29) is 4.90 Å². The third-order valence-electron chi connectivity index (χ3n) is 2.72. The van der Waals surface area contributed by atoms with Gasteiger partial charge in [-0.25, -0.2) is 12.8 Å². The molecule has 1 aliphatic rings. The molecule has 1 fully saturated rings. The number of rotatable bonds is 3. The molecule has 18 heavy (non-hydrogen) atoms. The minimum absolute atomic E-state index is 0.107. The molecule has 0 radical (unpaired) electrons. The molecule has 0 spiro atoms. The Bertz CT molecular complexity index is 601. The Labute approximate surface area is 104 Å². The highest BCUT2D eigenvalue weighted by Gasteiger charge is 2.48. The van der Waals surface area contributed by atoms with E-state index in [1.807, 2.05) is 6.92 Å². The monoisotopic (exact) mass is 270 g/mol. The zero-order valence-corrected chi connectivity index (χ0v) is 10.4. The van der Waals surface area contributed by atoms with Crippen molar-refractivity contribution in [2.24, 2.45) is 5.11 Å². The molecule has 96 valence electrons. The summed E-state index contributed by atoms with van der Waals surface area (Å²) in [6, 6.07) is 6.28. The molecule has 1 heterocycles. The van der Waals surface area contributed by atoms with Crippen LogP contribution in [0.15, 0.2) is 34.3 Å². The number of azide groups is 1. The molecule has 0 unspecified atom stereocenters. The van der Waals surface area contributed by atoms with E-state index >= 15 is 0 Å². The van der Waals surface area contributed by atoms with Gasteiger partial charge in [-0.2, -0.15) is 4.31 Å². The summed E-state index contributed by atoms with van der Waals surface area (Å²) in [7, 11) is -3.70. The Balaban J connectivity index is 2.20. The first-order chi connectivity index (χ1) is 8.37. The molecule has 0 bridgehead atoms. The first-order valence-electron chi connectivity index (χ1n) is 5.19. The van der Waals surface area contributed by atoms with Crippen molar-refractivity contribution in [3.8, 4) is 0 Å². The Morgan fingerprint density at radius 1 is 1.39 bits per heavy atom. The van der Waals surface area contributed by atoms with Crippen LogP contribution >= 0.6 is 0 Å². The van der Waals surface area contributed by atoms with Crippen LogP contribution in [0.25, 0.3) is 10.4 Å². The smallest absolute Gasteiger partial charge is 0.235 e. The van der Waals surface area contributed by atoms with Gasteiger partial charge in [0, 0.05) is 4.91 Å². The second kappa shape index (κ2) is 4.24. The minimum atomic E-state index is -3.70. The lowest BCUT2D eigenvalue weighted by Crippen LogP contribution is -2.59. The van der Waals surface area contributed by atoms with Crippen LogP contribution in [0.2, 0.25) is 0 Å². The van der Waals surface area contributed by atoms with Gasteiger partial charge in [-0.3, -0.25) is 0 Å². The van der Waals surface area contributed by atoms with Crippen LogP contribution in [0.3, 0.4) is 0 Å². The van der Waals surface area contributed by atoms with Gasteiger partial charge in [-0.05, 0) is 24.6 Å². The standard InChI is InChI=1S/C10H11FN4O2S/c1-8-2-4-9(5-3-8)18(16,17)15-6-10(11,7-15)13-14-12/h2-5H,6-7H2,1H3. The summed E-state index contributed by atoms with van der Waals surface area (Å²) >= 11 is 0. The summed E-state index contributed by atoms with van der Waals surface area (Å²) in [4.78, 5) is 2.47. The van der Waals surface area contributed by atoms with Crippen LogP contribution in [0.4, 0.5) is 4.39 Å². The van der Waals surface area contributed by atoms with Gasteiger partial charge in [0.25, 0.3) is 0 Å². The zero-order valence-electron chi connectivity index (χ0n) is 9.62. The van der Waals surface area contributed by atoms with Crippen molar-refractivity contribution in [1.82, 2.24) is 4.31 Å². The van der Waals surface area contributed by atoms with Crippen molar-refractivity contribution < 1.29 is 12.8 Å². The van der Waals surface area contributed by atoms with Crippen LogP contribution in [0, 0.1) is 6.92 Å². The first-order valence-corrected chi connectivity index (χ1v) is 6.63. The van der Waals surface area contributed by atoms with Gasteiger partial charge in [0.1, 0.15) is 0 Å². The van der Waals surface area contributed by atoms with Gasteiger partial charge in [-0.15, -0.1) is 0 Å². The maximum atomic E-state index is 13.5. The van der Waals surface area contributed by atoms with E-state index in [9.17, 15) is 12.8 Å². The minimum Gasteiger partial charge on any atom is -0.235 e. The predicted octanol–water partition coefficient (Wildman–Crippen LogP) is 1.98. The second-order valence-corrected chi connectivity index (χ2v) is 6.13. The number of hydrogen-bond acceptors (Lipinski definition) is 3. The van der Waals surface area contributed by atoms with Gasteiger partial charge >= 0.3 is 0 Å². The molecule has 1 saturated heterocycles. The van der Waals surface area contributed by atoms with E-state index in [0.717, 1.165) is 9.87 Å². The molecule has 0 aromatic heterocycles. The van der Waals surface area contributed by atoms with E-state index in [1.165, 1.54) is 12.1 Å². The van der Waals surface area contributed by atoms with Crippen molar-refractivity contribution in [2.75, 3.05) is 13.1 Å². The lowest BCUT2D eigenvalue weighted by molar-refractivity contribution is 0.0284. The summed E-state index contributed by atoms with van der Waals surface area (Å²) in [5.74, 6) is -2.12. The fourth-order valence-corrected chi connectivity index (χ4v) is 3.18. The molecule has 6 nitrogen and oxygen atoms in total. The average Bonchev–Trinajstić information content (AvgIpc) is 2.26. The van der Waals surface area contributed by atoms with Crippen molar-refractivity contribution in [3.63, 3.8) is 0 Å². The number of benzene rings is 1. The van der Waals surface area contributed by atoms with Gasteiger partial charge in [0.05, 0.1) is 18.0 Å². The summed E-state index contributed by atoms with van der Waals surface area (Å²) < 4.78 is 38.6. The Morgan fingerprint density at radius 2 is 1.94 bits per heavy atom. The quantitative estimate of drug-likeness (QED) is 0.364. The summed E-state index contributed by atoms with van der Waals surface area (Å²) in [6.07, 6.45) is 0. The highest BCUT2D eigenvalue weighted by molar-refractivity contribution is 7.89. The number of sulfonamides is 1. The second-order valence-electron chi connectivity index (χ2n) is 4.19. The van der Waals surface area contributed by atoms with Crippen molar-refractivity contribution in [2.45, 2.75) is 17.6 Å². The molecule has 1 aromatic carbocycles. The third-order valence-corrected chi connectivity index (χ3v) is 4.53. The van der Waals surface area contributed by atoms with Crippen LogP contribution in [-0.2, 0) is 10.0 Å². The van der Waals surface area contributed by atoms with Crippen LogP contribution in [-0.4, -0.2) is 31.6 Å². The Morgan fingerprint density at radius 3 is 2.44 bits per heavy atom. The van der Waals surface area contributed by atoms with Gasteiger partial charge in [-0.1, -0.05) is 22.8 Å². The SMILES string of the molecule is Cc1ccc(S(=O)(=O)N2CC(F)(N=[N+]=[N-])C2)cc1. The van der Waals surface area contributed by atoms with E-state index in [2.05, 4.69) is 10.0 Å². The van der Waals surface area contributed by atoms with E-state index in [1.54, 1.807) is 12.1 Å². The normalized spacial score (nSPS) is 18.8. The molecular formula is C10H11FN4O2S. The Kier molecular flexibility index (Phi) is 3.02. The zero-order chi connectivity index (χ0) is 13.4. The van der Waals surface area contributed by atoms with Crippen molar-refractivity contribution in [3.05, 3.63) is 40.3 Å². The maximum absolute atomic E-state index is 13.5. The Hall–Kier alpha value is -1.63. The van der Waals surface area contributed by atoms with Gasteiger partial charge in [0.2, 0.25) is 15.8 Å². The van der Waals surface area contributed by atoms with Crippen molar-refractivity contribution in [1.29, 1.82) is 0 Å². The molecule has 8 heteroatoms. The van der Waals surface area contributed by atoms with Crippen LogP contribution in [0.1, 0.15) is 5.56 Å². The molecule has 2 rings (SSSR count). The average molecular weight is 270 g/mol. The van der Waals surface area contributed by atoms with Gasteiger partial charge in [0.15, 0.2) is 0 Å². The lowest BCUT2D eigenvalue weighted by Gasteiger charge is -2.39. The summed E-state index contributed by atoms with van der Waals surface area (Å²) in [5, 5.41) is 2.94. The molecule has 0 aliphatic carbocycles. The molecule has 0 N–H and O–H groups in total. The van der Waals surface area contributed by atoms with Crippen LogP contribution in [0.5, 0.6) is 0 Å². The lowest BCUT2D eigenvalue weighted by atomic mass is 10.1. The molecule has 0 atom stereocenters. The van der Waals surface area contributed by atoms with Gasteiger partial charge < -0.3 is 0 Å². The van der Waals surface area contributed by atoms with Crippen molar-refractivity contribution >= 4 is 10.0 Å². The fraction of sp³-hybridized carbons (Fsp3) is 0.400. The topological polar surface area (TPSA) is 86.1 Å². The van der Waals surface area contributed by atoms with E-state index in [4.69, 9.17) is 5.53 Å². The largest absolute Gasteiger partial charge is 0.243 e. The summed E-state index contributed by atoms with van der Waals surface area (Å²) in [6.45, 7) is 0.967. The molecule has 1 aliphatic heterocycles. The van der Waals surface area contributed by atoms with Crippen LogP contribution < -0.4 is 0 Å². The number of alkyl halides is 1. The number of halogens is 1. The van der Waals surface area contributed by atoms with E-state index < -0.39 is 28.9 Å². The maximum Gasteiger partial charge on any atom is 0.243 e. The highest BCUT2D eigenvalue weighted by atomic mass is 32.2. The number of aryl methyl sites for hydroxylation is 1. The number of hydrogen-bond donors (Lipinski definition) is 0. The third kappa shape index (κ3) is 2.17. The van der Waals surface area contributed by atoms with E-state index in [0.29, 0.717) is 0 Å².